The van der Waals surface area contributed by atoms with Crippen LogP contribution in [0.4, 0.5) is 10.1 Å². The predicted octanol–water partition coefficient (Wildman–Crippen LogP) is 4.30. The first-order valence-electron chi connectivity index (χ1n) is 6.47. The fourth-order valence-corrected chi connectivity index (χ4v) is 1.79. The third-order valence-electron chi connectivity index (χ3n) is 2.77. The van der Waals surface area contributed by atoms with Gasteiger partial charge >= 0.3 is 0 Å². The molecule has 2 rings (SSSR count). The Balaban J connectivity index is 2.32. The highest BCUT2D eigenvalue weighted by atomic mass is 19.1. The van der Waals surface area contributed by atoms with Gasteiger partial charge in [0.2, 0.25) is 0 Å². The first kappa shape index (κ1) is 14.2. The maximum atomic E-state index is 13.9. The summed E-state index contributed by atoms with van der Waals surface area (Å²) in [5, 5.41) is 0. The van der Waals surface area contributed by atoms with Crippen molar-refractivity contribution in [2.75, 3.05) is 5.73 Å². The number of halogens is 1. The average Bonchev–Trinajstić information content (AvgIpc) is 2.39. The van der Waals surface area contributed by atoms with Gasteiger partial charge in [-0.2, -0.15) is 0 Å². The topological polar surface area (TPSA) is 44.5 Å². The largest absolute Gasteiger partial charge is 0.489 e. The molecule has 0 aliphatic rings. The van der Waals surface area contributed by atoms with E-state index in [-0.39, 0.29) is 17.7 Å². The van der Waals surface area contributed by atoms with Gasteiger partial charge in [0.25, 0.3) is 0 Å². The zero-order valence-electron chi connectivity index (χ0n) is 11.8. The first-order valence-corrected chi connectivity index (χ1v) is 6.47. The number of anilines is 1. The summed E-state index contributed by atoms with van der Waals surface area (Å²) in [6, 6.07) is 10.2. The van der Waals surface area contributed by atoms with E-state index in [1.165, 1.54) is 0 Å². The van der Waals surface area contributed by atoms with Crippen molar-refractivity contribution in [2.24, 2.45) is 0 Å². The Kier molecular flexibility index (Phi) is 4.13. The summed E-state index contributed by atoms with van der Waals surface area (Å²) >= 11 is 0. The number of nitrogens with two attached hydrogens (primary N) is 1. The van der Waals surface area contributed by atoms with E-state index in [9.17, 15) is 4.39 Å². The normalized spacial score (nSPS) is 10.7. The number of rotatable bonds is 4. The van der Waals surface area contributed by atoms with E-state index in [1.54, 1.807) is 43.3 Å². The molecule has 3 nitrogen and oxygen atoms in total. The van der Waals surface area contributed by atoms with Gasteiger partial charge in [0.15, 0.2) is 17.3 Å². The monoisotopic (exact) mass is 275 g/mol. The lowest BCUT2D eigenvalue weighted by Crippen LogP contribution is -2.08. The molecule has 0 atom stereocenters. The third-order valence-corrected chi connectivity index (χ3v) is 2.77. The molecule has 0 spiro atoms. The molecule has 2 N–H and O–H groups in total. The molecule has 0 unspecified atom stereocenters. The Morgan fingerprint density at radius 3 is 2.30 bits per heavy atom. The van der Waals surface area contributed by atoms with Gasteiger partial charge in [0.1, 0.15) is 11.4 Å². The molecule has 20 heavy (non-hydrogen) atoms. The lowest BCUT2D eigenvalue weighted by molar-refractivity contribution is 0.243. The standard InChI is InChI=1S/C16H18FNO2/c1-10(2)19-13-8-5-9-14(16(13)18)20-12-7-4-6-11(3)15(12)17/h4-10H,18H2,1-3H3. The molecule has 0 bridgehead atoms. The average molecular weight is 275 g/mol. The highest BCUT2D eigenvalue weighted by Gasteiger charge is 2.12. The Morgan fingerprint density at radius 2 is 1.60 bits per heavy atom. The molecule has 0 amide bonds. The molecule has 106 valence electrons. The van der Waals surface area contributed by atoms with E-state index >= 15 is 0 Å². The molecule has 0 saturated heterocycles. The fourth-order valence-electron chi connectivity index (χ4n) is 1.79. The molecule has 4 heteroatoms. The van der Waals surface area contributed by atoms with Gasteiger partial charge in [-0.3, -0.25) is 0 Å². The van der Waals surface area contributed by atoms with Crippen molar-refractivity contribution in [1.29, 1.82) is 0 Å². The van der Waals surface area contributed by atoms with Crippen molar-refractivity contribution in [1.82, 2.24) is 0 Å². The van der Waals surface area contributed by atoms with Crippen LogP contribution in [-0.4, -0.2) is 6.10 Å². The number of para-hydroxylation sites is 1. The van der Waals surface area contributed by atoms with Gasteiger partial charge < -0.3 is 15.2 Å². The van der Waals surface area contributed by atoms with E-state index in [0.29, 0.717) is 22.7 Å². The van der Waals surface area contributed by atoms with Crippen LogP contribution in [0.3, 0.4) is 0 Å². The minimum Gasteiger partial charge on any atom is -0.489 e. The molecule has 2 aromatic carbocycles. The highest BCUT2D eigenvalue weighted by Crippen LogP contribution is 2.36. The zero-order chi connectivity index (χ0) is 14.7. The molecular formula is C16H18FNO2. The molecule has 0 fully saturated rings. The zero-order valence-corrected chi connectivity index (χ0v) is 11.8. The van der Waals surface area contributed by atoms with Crippen molar-refractivity contribution in [3.05, 3.63) is 47.8 Å². The van der Waals surface area contributed by atoms with Crippen LogP contribution < -0.4 is 15.2 Å². The highest BCUT2D eigenvalue weighted by molar-refractivity contribution is 5.63. The number of ether oxygens (including phenoxy) is 2. The molecule has 0 heterocycles. The van der Waals surface area contributed by atoms with Gasteiger partial charge in [-0.15, -0.1) is 0 Å². The summed E-state index contributed by atoms with van der Waals surface area (Å²) in [5.74, 6) is 0.679. The molecule has 2 aromatic rings. The Hall–Kier alpha value is -2.23. The van der Waals surface area contributed by atoms with Crippen LogP contribution in [0, 0.1) is 12.7 Å². The molecule has 0 aromatic heterocycles. The second-order valence-corrected chi connectivity index (χ2v) is 4.82. The number of aryl methyl sites for hydroxylation is 1. The van der Waals surface area contributed by atoms with Gasteiger partial charge in [0.05, 0.1) is 6.10 Å². The van der Waals surface area contributed by atoms with E-state index in [2.05, 4.69) is 0 Å². The summed E-state index contributed by atoms with van der Waals surface area (Å²) in [4.78, 5) is 0. The summed E-state index contributed by atoms with van der Waals surface area (Å²) in [6.07, 6.45) is 0.00301. The quantitative estimate of drug-likeness (QED) is 0.846. The number of hydrogen-bond acceptors (Lipinski definition) is 3. The lowest BCUT2D eigenvalue weighted by Gasteiger charge is -2.15. The van der Waals surface area contributed by atoms with E-state index in [0.717, 1.165) is 0 Å². The van der Waals surface area contributed by atoms with Crippen molar-refractivity contribution in [3.63, 3.8) is 0 Å². The maximum absolute atomic E-state index is 13.9. The van der Waals surface area contributed by atoms with Crippen molar-refractivity contribution in [3.8, 4) is 17.2 Å². The number of hydrogen-bond donors (Lipinski definition) is 1. The van der Waals surface area contributed by atoms with Crippen LogP contribution in [0.25, 0.3) is 0 Å². The molecule has 0 radical (unpaired) electrons. The van der Waals surface area contributed by atoms with Crippen LogP contribution in [-0.2, 0) is 0 Å². The van der Waals surface area contributed by atoms with Gasteiger partial charge in [0, 0.05) is 0 Å². The molecule has 0 aliphatic carbocycles. The van der Waals surface area contributed by atoms with Crippen LogP contribution >= 0.6 is 0 Å². The second-order valence-electron chi connectivity index (χ2n) is 4.82. The second kappa shape index (κ2) is 5.82. The van der Waals surface area contributed by atoms with Crippen molar-refractivity contribution < 1.29 is 13.9 Å². The minimum atomic E-state index is -0.387. The van der Waals surface area contributed by atoms with Gasteiger partial charge in [-0.1, -0.05) is 18.2 Å². The maximum Gasteiger partial charge on any atom is 0.168 e. The lowest BCUT2D eigenvalue weighted by atomic mass is 10.2. The fraction of sp³-hybridized carbons (Fsp3) is 0.250. The molecule has 0 saturated carbocycles. The molecule has 0 aliphatic heterocycles. The summed E-state index contributed by atoms with van der Waals surface area (Å²) < 4.78 is 25.1. The van der Waals surface area contributed by atoms with E-state index in [4.69, 9.17) is 15.2 Å². The van der Waals surface area contributed by atoms with Crippen LogP contribution in [0.15, 0.2) is 36.4 Å². The number of nitrogen functional groups attached to an aromatic ring is 1. The summed E-state index contributed by atoms with van der Waals surface area (Å²) in [5.41, 5.74) is 6.88. The Labute approximate surface area is 118 Å². The summed E-state index contributed by atoms with van der Waals surface area (Å²) in [6.45, 7) is 5.50. The summed E-state index contributed by atoms with van der Waals surface area (Å²) in [7, 11) is 0. The SMILES string of the molecule is Cc1cccc(Oc2cccc(OC(C)C)c2N)c1F. The first-order chi connectivity index (χ1) is 9.49. The Morgan fingerprint density at radius 1 is 1.00 bits per heavy atom. The van der Waals surface area contributed by atoms with E-state index in [1.807, 2.05) is 13.8 Å². The third kappa shape index (κ3) is 3.02. The molecular weight excluding hydrogens is 257 g/mol. The smallest absolute Gasteiger partial charge is 0.168 e. The van der Waals surface area contributed by atoms with Crippen LogP contribution in [0.5, 0.6) is 17.2 Å². The van der Waals surface area contributed by atoms with Gasteiger partial charge in [-0.05, 0) is 44.5 Å². The van der Waals surface area contributed by atoms with Crippen LogP contribution in [0.2, 0.25) is 0 Å². The van der Waals surface area contributed by atoms with Crippen molar-refractivity contribution in [2.45, 2.75) is 26.9 Å². The van der Waals surface area contributed by atoms with E-state index < -0.39 is 0 Å². The predicted molar refractivity (Wildman–Crippen MR) is 77.8 cm³/mol. The Bertz CT molecular complexity index is 611. The van der Waals surface area contributed by atoms with Crippen molar-refractivity contribution >= 4 is 5.69 Å². The van der Waals surface area contributed by atoms with Crippen LogP contribution in [0.1, 0.15) is 19.4 Å². The van der Waals surface area contributed by atoms with Gasteiger partial charge in [-0.25, -0.2) is 4.39 Å². The number of benzene rings is 2. The minimum absolute atomic E-state index is 0.00301.